The third kappa shape index (κ3) is 46.2. The van der Waals surface area contributed by atoms with Crippen molar-refractivity contribution in [2.24, 2.45) is 0 Å². The average Bonchev–Trinajstić information content (AvgIpc) is 3.16. The van der Waals surface area contributed by atoms with Crippen LogP contribution in [0.5, 0.6) is 0 Å². The summed E-state index contributed by atoms with van der Waals surface area (Å²) < 4.78 is 35.1. The molecule has 0 saturated carbocycles. The number of hydrogen-bond donors (Lipinski definition) is 1. The van der Waals surface area contributed by atoms with Gasteiger partial charge in [-0.25, -0.2) is 4.57 Å². The fraction of sp³-hybridized carbons (Fsp3) is 0.938. The molecule has 0 fully saturated rings. The second kappa shape index (κ2) is 42.0. The molecule has 0 saturated heterocycles. The lowest BCUT2D eigenvalue weighted by Crippen LogP contribution is -2.37. The Labute approximate surface area is 354 Å². The first-order valence-electron chi connectivity index (χ1n) is 24.4. The molecule has 0 spiro atoms. The maximum absolute atomic E-state index is 12.7. The number of esters is 1. The molecule has 0 aliphatic heterocycles. The van der Waals surface area contributed by atoms with Crippen molar-refractivity contribution >= 4 is 13.8 Å². The molecule has 1 N–H and O–H groups in total. The Morgan fingerprint density at radius 3 is 1.37 bits per heavy atom. The number of quaternary nitrogens is 1. The van der Waals surface area contributed by atoms with Crippen LogP contribution in [0.3, 0.4) is 0 Å². The molecule has 0 radical (unpaired) electrons. The molecule has 0 aliphatic carbocycles. The van der Waals surface area contributed by atoms with E-state index in [1.54, 1.807) is 0 Å². The number of unbranched alkanes of at least 4 members (excludes halogenated alkanes) is 30. The minimum atomic E-state index is -4.27. The Kier molecular flexibility index (Phi) is 41.4. The summed E-state index contributed by atoms with van der Waals surface area (Å²) in [6, 6.07) is 0. The second-order valence-electron chi connectivity index (χ2n) is 17.9. The summed E-state index contributed by atoms with van der Waals surface area (Å²) in [6.45, 7) is 5.64. The molecule has 0 aromatic heterocycles. The Morgan fingerprint density at radius 2 is 0.912 bits per heavy atom. The number of ether oxygens (including phenoxy) is 2. The van der Waals surface area contributed by atoms with Gasteiger partial charge in [0.25, 0.3) is 0 Å². The van der Waals surface area contributed by atoms with Crippen LogP contribution < -0.4 is 0 Å². The zero-order valence-electron chi connectivity index (χ0n) is 38.6. The molecule has 9 heteroatoms. The number of hydrogen-bond acceptors (Lipinski definition) is 6. The Balaban J connectivity index is 4.08. The summed E-state index contributed by atoms with van der Waals surface area (Å²) in [5, 5.41) is 0. The van der Waals surface area contributed by atoms with E-state index in [9.17, 15) is 14.3 Å². The molecule has 340 valence electrons. The number of rotatable bonds is 46. The van der Waals surface area contributed by atoms with Gasteiger partial charge in [0.05, 0.1) is 34.4 Å². The van der Waals surface area contributed by atoms with Crippen LogP contribution in [0.25, 0.3) is 0 Å². The van der Waals surface area contributed by atoms with Crippen LogP contribution in [-0.2, 0) is 27.9 Å². The molecular weight excluding hydrogens is 734 g/mol. The summed E-state index contributed by atoms with van der Waals surface area (Å²) in [5.41, 5.74) is 0. The van der Waals surface area contributed by atoms with Crippen molar-refractivity contribution < 1.29 is 37.3 Å². The maximum Gasteiger partial charge on any atom is 0.472 e. The van der Waals surface area contributed by atoms with Crippen LogP contribution in [-0.4, -0.2) is 75.6 Å². The highest BCUT2D eigenvalue weighted by atomic mass is 31.2. The highest BCUT2D eigenvalue weighted by Crippen LogP contribution is 2.43. The predicted molar refractivity (Wildman–Crippen MR) is 243 cm³/mol. The van der Waals surface area contributed by atoms with Gasteiger partial charge in [-0.15, -0.1) is 0 Å². The van der Waals surface area contributed by atoms with E-state index in [1.165, 1.54) is 180 Å². The van der Waals surface area contributed by atoms with Crippen molar-refractivity contribution in [2.45, 2.75) is 238 Å². The van der Waals surface area contributed by atoms with Gasteiger partial charge in [0.2, 0.25) is 0 Å². The molecule has 57 heavy (non-hydrogen) atoms. The fourth-order valence-corrected chi connectivity index (χ4v) is 7.76. The zero-order chi connectivity index (χ0) is 42.0. The summed E-state index contributed by atoms with van der Waals surface area (Å²) in [7, 11) is 1.68. The standard InChI is InChI=1S/C48H96NO7P/c1-6-8-10-12-14-16-18-20-21-22-23-24-25-26-27-28-29-31-33-35-37-39-41-48(50)56-47(46-55-57(51,52)54-44-42-49(3,4)5)45-53-43-40-38-36-34-32-30-19-17-15-13-11-9-7-2/h15,17,47H,6-14,16,18-46H2,1-5H3/p+1/b17-15-. The molecule has 0 heterocycles. The van der Waals surface area contributed by atoms with Crippen molar-refractivity contribution in [3.63, 3.8) is 0 Å². The largest absolute Gasteiger partial charge is 0.472 e. The lowest BCUT2D eigenvalue weighted by molar-refractivity contribution is -0.870. The van der Waals surface area contributed by atoms with Gasteiger partial charge in [-0.1, -0.05) is 199 Å². The topological polar surface area (TPSA) is 91.3 Å². The highest BCUT2D eigenvalue weighted by Gasteiger charge is 2.26. The van der Waals surface area contributed by atoms with Crippen LogP contribution in [0.4, 0.5) is 0 Å². The minimum absolute atomic E-state index is 0.0908. The molecule has 0 aliphatic rings. The molecular formula is C48H97NO7P+. The number of likely N-dealkylation sites (N-methyl/N-ethyl adjacent to an activating group) is 1. The highest BCUT2D eigenvalue weighted by molar-refractivity contribution is 7.47. The second-order valence-corrected chi connectivity index (χ2v) is 19.3. The van der Waals surface area contributed by atoms with Crippen LogP contribution >= 0.6 is 7.82 Å². The van der Waals surface area contributed by atoms with Crippen LogP contribution in [0, 0.1) is 0 Å². The number of phosphoric ester groups is 1. The molecule has 0 aromatic carbocycles. The summed E-state index contributed by atoms with van der Waals surface area (Å²) in [4.78, 5) is 22.9. The molecule has 0 bridgehead atoms. The number of allylic oxidation sites excluding steroid dienone is 2. The van der Waals surface area contributed by atoms with E-state index in [0.717, 1.165) is 32.1 Å². The van der Waals surface area contributed by atoms with Gasteiger partial charge in [0, 0.05) is 13.0 Å². The summed E-state index contributed by atoms with van der Waals surface area (Å²) in [6.07, 6.45) is 46.8. The first-order chi connectivity index (χ1) is 27.6. The SMILES string of the molecule is CCCCC/C=C\CCCCCCCCOCC(COP(=O)(O)OCC[N+](C)(C)C)OC(=O)CCCCCCCCCCCCCCCCCCCCCCCC. The van der Waals surface area contributed by atoms with Crippen LogP contribution in [0.1, 0.15) is 232 Å². The van der Waals surface area contributed by atoms with E-state index in [1.807, 2.05) is 21.1 Å². The quantitative estimate of drug-likeness (QED) is 0.0215. The lowest BCUT2D eigenvalue weighted by atomic mass is 10.0. The third-order valence-electron chi connectivity index (χ3n) is 10.8. The van der Waals surface area contributed by atoms with Gasteiger partial charge in [0.1, 0.15) is 19.3 Å². The summed E-state index contributed by atoms with van der Waals surface area (Å²) >= 11 is 0. The lowest BCUT2D eigenvalue weighted by Gasteiger charge is -2.24. The van der Waals surface area contributed by atoms with Crippen molar-refractivity contribution in [3.8, 4) is 0 Å². The zero-order valence-corrected chi connectivity index (χ0v) is 39.5. The number of carbonyl (C=O) groups is 1. The van der Waals surface area contributed by atoms with Crippen molar-refractivity contribution in [2.75, 3.05) is 54.1 Å². The van der Waals surface area contributed by atoms with E-state index in [-0.39, 0.29) is 25.8 Å². The Morgan fingerprint density at radius 1 is 0.526 bits per heavy atom. The Hall–Kier alpha value is -0.760. The molecule has 2 atom stereocenters. The van der Waals surface area contributed by atoms with Crippen molar-refractivity contribution in [1.82, 2.24) is 0 Å². The molecule has 0 amide bonds. The number of carbonyl (C=O) groups excluding carboxylic acids is 1. The smallest absolute Gasteiger partial charge is 0.457 e. The number of phosphoric acid groups is 1. The van der Waals surface area contributed by atoms with Crippen LogP contribution in [0.2, 0.25) is 0 Å². The molecule has 0 rings (SSSR count). The minimum Gasteiger partial charge on any atom is -0.457 e. The molecule has 0 aromatic rings. The van der Waals surface area contributed by atoms with Gasteiger partial charge in [-0.05, 0) is 38.5 Å². The van der Waals surface area contributed by atoms with Gasteiger partial charge >= 0.3 is 13.8 Å². The van der Waals surface area contributed by atoms with Gasteiger partial charge < -0.3 is 18.9 Å². The summed E-state index contributed by atoms with van der Waals surface area (Å²) in [5.74, 6) is -0.310. The molecule has 8 nitrogen and oxygen atoms in total. The third-order valence-corrected chi connectivity index (χ3v) is 11.8. The number of nitrogens with zero attached hydrogens (tertiary/aromatic N) is 1. The van der Waals surface area contributed by atoms with Gasteiger partial charge in [-0.2, -0.15) is 0 Å². The van der Waals surface area contributed by atoms with Crippen LogP contribution in [0.15, 0.2) is 12.2 Å². The van der Waals surface area contributed by atoms with Crippen molar-refractivity contribution in [3.05, 3.63) is 12.2 Å². The molecule has 2 unspecified atom stereocenters. The van der Waals surface area contributed by atoms with E-state index in [2.05, 4.69) is 26.0 Å². The van der Waals surface area contributed by atoms with Crippen molar-refractivity contribution in [1.29, 1.82) is 0 Å². The monoisotopic (exact) mass is 831 g/mol. The first-order valence-corrected chi connectivity index (χ1v) is 25.9. The first kappa shape index (κ1) is 56.2. The maximum atomic E-state index is 12.7. The van der Waals surface area contributed by atoms with E-state index < -0.39 is 13.9 Å². The van der Waals surface area contributed by atoms with E-state index >= 15 is 0 Å². The van der Waals surface area contributed by atoms with E-state index in [0.29, 0.717) is 24.1 Å². The Bertz CT molecular complexity index is 925. The van der Waals surface area contributed by atoms with E-state index in [4.69, 9.17) is 18.5 Å². The predicted octanol–water partition coefficient (Wildman–Crippen LogP) is 14.6. The average molecular weight is 831 g/mol. The normalized spacial score (nSPS) is 13.7. The van der Waals surface area contributed by atoms with Gasteiger partial charge in [-0.3, -0.25) is 13.8 Å². The van der Waals surface area contributed by atoms with Gasteiger partial charge in [0.15, 0.2) is 0 Å². The fourth-order valence-electron chi connectivity index (χ4n) is 7.02.